The molecule has 0 bridgehead atoms. The molecule has 1 aromatic rings. The zero-order valence-electron chi connectivity index (χ0n) is 11.6. The van der Waals surface area contributed by atoms with Crippen LogP contribution in [0.25, 0.3) is 0 Å². The summed E-state index contributed by atoms with van der Waals surface area (Å²) in [7, 11) is 6.32. The van der Waals surface area contributed by atoms with Gasteiger partial charge in [-0.15, -0.1) is 0 Å². The van der Waals surface area contributed by atoms with Crippen molar-refractivity contribution in [2.45, 2.75) is 19.9 Å². The van der Waals surface area contributed by atoms with Crippen molar-refractivity contribution < 1.29 is 0 Å². The van der Waals surface area contributed by atoms with Gasteiger partial charge in [-0.25, -0.2) is 0 Å². The first kappa shape index (κ1) is 14.1. The fourth-order valence-electron chi connectivity index (χ4n) is 2.44. The van der Waals surface area contributed by atoms with Gasteiger partial charge in [0.05, 0.1) is 0 Å². The van der Waals surface area contributed by atoms with Gasteiger partial charge in [0, 0.05) is 18.4 Å². The Morgan fingerprint density at radius 1 is 1.24 bits per heavy atom. The van der Waals surface area contributed by atoms with E-state index in [2.05, 4.69) is 55.3 Å². The van der Waals surface area contributed by atoms with Crippen molar-refractivity contribution in [3.8, 4) is 0 Å². The minimum Gasteiger partial charge on any atom is -0.319 e. The summed E-state index contributed by atoms with van der Waals surface area (Å²) in [6.45, 7) is 5.61. The van der Waals surface area contributed by atoms with Crippen LogP contribution in [0.1, 0.15) is 25.5 Å². The number of rotatable bonds is 6. The molecule has 2 atom stereocenters. The van der Waals surface area contributed by atoms with E-state index in [9.17, 15) is 0 Å². The first-order valence-electron chi connectivity index (χ1n) is 6.28. The first-order valence-corrected chi connectivity index (χ1v) is 6.28. The maximum atomic E-state index is 4.10. The molecular weight excluding hydrogens is 210 g/mol. The predicted molar refractivity (Wildman–Crippen MR) is 72.9 cm³/mol. The molecule has 0 amide bonds. The van der Waals surface area contributed by atoms with Crippen molar-refractivity contribution in [1.82, 2.24) is 15.2 Å². The van der Waals surface area contributed by atoms with Crippen molar-refractivity contribution in [3.05, 3.63) is 30.1 Å². The molecular formula is C14H25N3. The van der Waals surface area contributed by atoms with Crippen LogP contribution >= 0.6 is 0 Å². The maximum Gasteiger partial charge on any atom is 0.0385 e. The zero-order valence-corrected chi connectivity index (χ0v) is 11.6. The second-order valence-electron chi connectivity index (χ2n) is 5.15. The van der Waals surface area contributed by atoms with Gasteiger partial charge in [-0.05, 0) is 57.2 Å². The van der Waals surface area contributed by atoms with Crippen LogP contribution in [-0.4, -0.2) is 37.6 Å². The molecule has 96 valence electrons. The van der Waals surface area contributed by atoms with Crippen LogP contribution < -0.4 is 5.32 Å². The molecule has 0 aromatic carbocycles. The Morgan fingerprint density at radius 3 is 2.24 bits per heavy atom. The summed E-state index contributed by atoms with van der Waals surface area (Å²) in [6.07, 6.45) is 3.76. The van der Waals surface area contributed by atoms with E-state index in [1.165, 1.54) is 5.56 Å². The largest absolute Gasteiger partial charge is 0.319 e. The molecule has 0 spiro atoms. The highest BCUT2D eigenvalue weighted by Gasteiger charge is 2.27. The summed E-state index contributed by atoms with van der Waals surface area (Å²) in [5, 5.41) is 3.31. The van der Waals surface area contributed by atoms with E-state index < -0.39 is 0 Å². The molecule has 1 heterocycles. The molecule has 3 nitrogen and oxygen atoms in total. The highest BCUT2D eigenvalue weighted by molar-refractivity contribution is 5.16. The Bertz CT molecular complexity index is 309. The van der Waals surface area contributed by atoms with E-state index in [-0.39, 0.29) is 0 Å². The van der Waals surface area contributed by atoms with Crippen LogP contribution in [0.15, 0.2) is 24.5 Å². The Morgan fingerprint density at radius 2 is 1.82 bits per heavy atom. The van der Waals surface area contributed by atoms with Gasteiger partial charge in [-0.1, -0.05) is 13.8 Å². The van der Waals surface area contributed by atoms with E-state index in [0.29, 0.717) is 17.9 Å². The van der Waals surface area contributed by atoms with E-state index in [0.717, 1.165) is 6.54 Å². The molecule has 0 saturated carbocycles. The number of aromatic nitrogens is 1. The van der Waals surface area contributed by atoms with Crippen LogP contribution in [0.5, 0.6) is 0 Å². The number of nitrogens with zero attached hydrogens (tertiary/aromatic N) is 2. The Labute approximate surface area is 105 Å². The number of hydrogen-bond donors (Lipinski definition) is 1. The summed E-state index contributed by atoms with van der Waals surface area (Å²) in [5.74, 6) is 1.24. The summed E-state index contributed by atoms with van der Waals surface area (Å²) in [6, 6.07) is 4.68. The molecule has 1 aromatic heterocycles. The lowest BCUT2D eigenvalue weighted by Crippen LogP contribution is -2.36. The van der Waals surface area contributed by atoms with Gasteiger partial charge in [0.1, 0.15) is 0 Å². The van der Waals surface area contributed by atoms with Gasteiger partial charge >= 0.3 is 0 Å². The monoisotopic (exact) mass is 235 g/mol. The quantitative estimate of drug-likeness (QED) is 0.819. The zero-order chi connectivity index (χ0) is 12.8. The average molecular weight is 235 g/mol. The molecule has 1 rings (SSSR count). The fraction of sp³-hybridized carbons (Fsp3) is 0.643. The third-order valence-electron chi connectivity index (χ3n) is 3.31. The number of nitrogens with one attached hydrogen (secondary N) is 1. The van der Waals surface area contributed by atoms with Crippen LogP contribution in [0.3, 0.4) is 0 Å². The predicted octanol–water partition coefficient (Wildman–Crippen LogP) is 2.18. The van der Waals surface area contributed by atoms with Crippen molar-refractivity contribution in [1.29, 1.82) is 0 Å². The van der Waals surface area contributed by atoms with Crippen molar-refractivity contribution in [2.75, 3.05) is 27.7 Å². The molecule has 0 aliphatic carbocycles. The van der Waals surface area contributed by atoms with Crippen LogP contribution in [-0.2, 0) is 0 Å². The topological polar surface area (TPSA) is 28.2 Å². The van der Waals surface area contributed by atoms with Gasteiger partial charge in [0.2, 0.25) is 0 Å². The molecule has 0 fully saturated rings. The molecule has 3 heteroatoms. The Balaban J connectivity index is 2.98. The lowest BCUT2D eigenvalue weighted by atomic mass is 9.84. The lowest BCUT2D eigenvalue weighted by Gasteiger charge is -2.35. The van der Waals surface area contributed by atoms with E-state index in [4.69, 9.17) is 0 Å². The molecule has 17 heavy (non-hydrogen) atoms. The normalized spacial score (nSPS) is 15.2. The van der Waals surface area contributed by atoms with Crippen molar-refractivity contribution >= 4 is 0 Å². The summed E-state index contributed by atoms with van der Waals surface area (Å²) in [4.78, 5) is 6.41. The SMILES string of the molecule is CNCC(C(C)C)C(c1ccncc1)N(C)C. The van der Waals surface area contributed by atoms with Crippen molar-refractivity contribution in [2.24, 2.45) is 11.8 Å². The van der Waals surface area contributed by atoms with Gasteiger partial charge < -0.3 is 10.2 Å². The van der Waals surface area contributed by atoms with Gasteiger partial charge in [0.25, 0.3) is 0 Å². The van der Waals surface area contributed by atoms with Gasteiger partial charge in [0.15, 0.2) is 0 Å². The smallest absolute Gasteiger partial charge is 0.0385 e. The third-order valence-corrected chi connectivity index (χ3v) is 3.31. The minimum absolute atomic E-state index is 0.436. The van der Waals surface area contributed by atoms with E-state index >= 15 is 0 Å². The van der Waals surface area contributed by atoms with Crippen LogP contribution in [0, 0.1) is 11.8 Å². The first-order chi connectivity index (χ1) is 8.07. The molecule has 0 aliphatic rings. The van der Waals surface area contributed by atoms with Crippen LogP contribution in [0.4, 0.5) is 0 Å². The maximum absolute atomic E-state index is 4.10. The van der Waals surface area contributed by atoms with Crippen LogP contribution in [0.2, 0.25) is 0 Å². The summed E-state index contributed by atoms with van der Waals surface area (Å²) >= 11 is 0. The average Bonchev–Trinajstić information content (AvgIpc) is 2.29. The fourth-order valence-corrected chi connectivity index (χ4v) is 2.44. The Kier molecular flexibility index (Phi) is 5.59. The third kappa shape index (κ3) is 3.79. The number of hydrogen-bond acceptors (Lipinski definition) is 3. The standard InChI is InChI=1S/C14H25N3/c1-11(2)13(10-15-3)14(17(4)5)12-6-8-16-9-7-12/h6-9,11,13-15H,10H2,1-5H3. The molecule has 0 aliphatic heterocycles. The molecule has 0 saturated heterocycles. The molecule has 1 N–H and O–H groups in total. The lowest BCUT2D eigenvalue weighted by molar-refractivity contribution is 0.169. The van der Waals surface area contributed by atoms with E-state index in [1.807, 2.05) is 19.4 Å². The van der Waals surface area contributed by atoms with Crippen molar-refractivity contribution in [3.63, 3.8) is 0 Å². The van der Waals surface area contributed by atoms with Gasteiger partial charge in [-0.3, -0.25) is 4.98 Å². The highest BCUT2D eigenvalue weighted by Crippen LogP contribution is 2.31. The van der Waals surface area contributed by atoms with E-state index in [1.54, 1.807) is 0 Å². The Hall–Kier alpha value is -0.930. The highest BCUT2D eigenvalue weighted by atomic mass is 15.1. The van der Waals surface area contributed by atoms with Gasteiger partial charge in [-0.2, -0.15) is 0 Å². The number of pyridine rings is 1. The second-order valence-corrected chi connectivity index (χ2v) is 5.15. The molecule has 0 radical (unpaired) electrons. The minimum atomic E-state index is 0.436. The second kappa shape index (κ2) is 6.72. The summed E-state index contributed by atoms with van der Waals surface area (Å²) in [5.41, 5.74) is 1.35. The summed E-state index contributed by atoms with van der Waals surface area (Å²) < 4.78 is 0. The molecule has 2 unspecified atom stereocenters.